The van der Waals surface area contributed by atoms with E-state index in [4.69, 9.17) is 9.47 Å². The molecule has 6 heteroatoms. The molecule has 0 aliphatic carbocycles. The highest BCUT2D eigenvalue weighted by atomic mass is 127. The van der Waals surface area contributed by atoms with E-state index in [2.05, 4.69) is 22.6 Å². The minimum atomic E-state index is -0.706. The summed E-state index contributed by atoms with van der Waals surface area (Å²) in [6.07, 6.45) is 1.86. The Morgan fingerprint density at radius 3 is 2.45 bits per heavy atom. The third kappa shape index (κ3) is 6.73. The van der Waals surface area contributed by atoms with Crippen LogP contribution in [-0.4, -0.2) is 37.7 Å². The zero-order valence-electron chi connectivity index (χ0n) is 17.2. The fourth-order valence-electron chi connectivity index (χ4n) is 3.17. The van der Waals surface area contributed by atoms with E-state index in [1.165, 1.54) is 7.11 Å². The molecule has 29 heavy (non-hydrogen) atoms. The van der Waals surface area contributed by atoms with Gasteiger partial charge in [-0.15, -0.1) is 0 Å². The van der Waals surface area contributed by atoms with Gasteiger partial charge in [0.25, 0.3) is 0 Å². The predicted octanol–water partition coefficient (Wildman–Crippen LogP) is 5.16. The number of nitrogens with zero attached hydrogens (tertiary/aromatic N) is 1. The second kappa shape index (κ2) is 11.2. The summed E-state index contributed by atoms with van der Waals surface area (Å²) in [4.78, 5) is 26.2. The van der Waals surface area contributed by atoms with E-state index in [9.17, 15) is 9.59 Å². The Hall–Kier alpha value is -2.09. The highest BCUT2D eigenvalue weighted by Crippen LogP contribution is 2.32. The minimum Gasteiger partial charge on any atom is -0.468 e. The lowest BCUT2D eigenvalue weighted by atomic mass is 9.78. The number of methoxy groups -OCH3 is 1. The van der Waals surface area contributed by atoms with E-state index >= 15 is 0 Å². The molecule has 0 spiro atoms. The first-order chi connectivity index (χ1) is 13.9. The van der Waals surface area contributed by atoms with Crippen molar-refractivity contribution in [3.63, 3.8) is 0 Å². The van der Waals surface area contributed by atoms with Gasteiger partial charge in [0.1, 0.15) is 6.61 Å². The Labute approximate surface area is 186 Å². The summed E-state index contributed by atoms with van der Waals surface area (Å²) in [5.41, 5.74) is 1.20. The fraction of sp³-hybridized carbons (Fsp3) is 0.391. The van der Waals surface area contributed by atoms with Crippen LogP contribution in [0, 0.1) is 3.57 Å². The Bertz CT molecular complexity index is 812. The van der Waals surface area contributed by atoms with E-state index in [0.717, 1.165) is 27.5 Å². The lowest BCUT2D eigenvalue weighted by Crippen LogP contribution is -2.34. The number of rotatable bonds is 9. The van der Waals surface area contributed by atoms with Crippen LogP contribution < -0.4 is 0 Å². The molecular formula is C23H28INO4. The number of halogens is 1. The van der Waals surface area contributed by atoms with Crippen molar-refractivity contribution >= 4 is 34.7 Å². The summed E-state index contributed by atoms with van der Waals surface area (Å²) in [5, 5.41) is 0. The van der Waals surface area contributed by atoms with Gasteiger partial charge >= 0.3 is 12.1 Å². The van der Waals surface area contributed by atoms with Gasteiger partial charge in [-0.1, -0.05) is 48.9 Å². The number of carbonyl (C=O) groups excluding carboxylic acids is 2. The molecule has 0 heterocycles. The van der Waals surface area contributed by atoms with Gasteiger partial charge in [0, 0.05) is 17.2 Å². The van der Waals surface area contributed by atoms with Crippen molar-refractivity contribution < 1.29 is 19.1 Å². The molecular weight excluding hydrogens is 481 g/mol. The van der Waals surface area contributed by atoms with Gasteiger partial charge in [-0.25, -0.2) is 4.79 Å². The van der Waals surface area contributed by atoms with E-state index in [1.807, 2.05) is 61.5 Å². The maximum Gasteiger partial charge on any atom is 0.409 e. The second-order valence-corrected chi connectivity index (χ2v) is 8.50. The Morgan fingerprint density at radius 2 is 1.79 bits per heavy atom. The molecule has 0 aliphatic heterocycles. The molecule has 0 N–H and O–H groups in total. The standard InChI is InChI=1S/C23H28INO4/c1-23(21(26)28-3,19-12-9-13-20(24)16-19)14-7-8-15-25(2)22(27)29-17-18-10-5-4-6-11-18/h4-6,9-13,16H,7-8,14-15,17H2,1-3H3. The van der Waals surface area contributed by atoms with Crippen LogP contribution in [0.4, 0.5) is 4.79 Å². The molecule has 2 aromatic carbocycles. The number of amides is 1. The maximum absolute atomic E-state index is 12.5. The van der Waals surface area contributed by atoms with Crippen molar-refractivity contribution in [2.24, 2.45) is 0 Å². The number of hydrogen-bond acceptors (Lipinski definition) is 4. The van der Waals surface area contributed by atoms with Crippen LogP contribution in [0.2, 0.25) is 0 Å². The molecule has 0 saturated carbocycles. The van der Waals surface area contributed by atoms with Crippen LogP contribution in [0.3, 0.4) is 0 Å². The van der Waals surface area contributed by atoms with Crippen LogP contribution in [0.5, 0.6) is 0 Å². The minimum absolute atomic E-state index is 0.241. The number of unbranched alkanes of at least 4 members (excludes halogenated alkanes) is 1. The van der Waals surface area contributed by atoms with E-state index in [0.29, 0.717) is 13.0 Å². The summed E-state index contributed by atoms with van der Waals surface area (Å²) in [6, 6.07) is 17.5. The SMILES string of the molecule is COC(=O)C(C)(CCCCN(C)C(=O)OCc1ccccc1)c1cccc(I)c1. The number of hydrogen-bond donors (Lipinski definition) is 0. The third-order valence-electron chi connectivity index (χ3n) is 5.03. The number of esters is 1. The summed E-state index contributed by atoms with van der Waals surface area (Å²) in [6.45, 7) is 2.75. The molecule has 1 amide bonds. The summed E-state index contributed by atoms with van der Waals surface area (Å²) >= 11 is 2.24. The molecule has 5 nitrogen and oxygen atoms in total. The molecule has 2 aromatic rings. The smallest absolute Gasteiger partial charge is 0.409 e. The highest BCUT2D eigenvalue weighted by molar-refractivity contribution is 14.1. The quantitative estimate of drug-likeness (QED) is 0.266. The van der Waals surface area contributed by atoms with Gasteiger partial charge < -0.3 is 14.4 Å². The van der Waals surface area contributed by atoms with Gasteiger partial charge in [0.15, 0.2) is 0 Å². The number of benzene rings is 2. The van der Waals surface area contributed by atoms with Crippen LogP contribution in [0.1, 0.15) is 37.3 Å². The van der Waals surface area contributed by atoms with E-state index in [1.54, 1.807) is 11.9 Å². The maximum atomic E-state index is 12.5. The van der Waals surface area contributed by atoms with Crippen molar-refractivity contribution in [2.45, 2.75) is 38.2 Å². The first kappa shape index (κ1) is 23.2. The van der Waals surface area contributed by atoms with E-state index < -0.39 is 5.41 Å². The van der Waals surface area contributed by atoms with Crippen molar-refractivity contribution in [1.29, 1.82) is 0 Å². The van der Waals surface area contributed by atoms with Gasteiger partial charge in [-0.3, -0.25) is 4.79 Å². The Balaban J connectivity index is 1.84. The van der Waals surface area contributed by atoms with Crippen molar-refractivity contribution in [2.75, 3.05) is 20.7 Å². The monoisotopic (exact) mass is 509 g/mol. The van der Waals surface area contributed by atoms with Crippen LogP contribution >= 0.6 is 22.6 Å². The lowest BCUT2D eigenvalue weighted by Gasteiger charge is -2.28. The molecule has 1 unspecified atom stereocenters. The van der Waals surface area contributed by atoms with Crippen LogP contribution in [0.25, 0.3) is 0 Å². The van der Waals surface area contributed by atoms with Crippen molar-refractivity contribution in [1.82, 2.24) is 4.90 Å². The average molecular weight is 509 g/mol. The molecule has 0 fully saturated rings. The van der Waals surface area contributed by atoms with Gasteiger partial charge in [-0.05, 0) is 65.6 Å². The van der Waals surface area contributed by atoms with Gasteiger partial charge in [0.05, 0.1) is 12.5 Å². The van der Waals surface area contributed by atoms with Crippen molar-refractivity contribution in [3.05, 3.63) is 69.3 Å². The zero-order chi connectivity index (χ0) is 21.3. The topological polar surface area (TPSA) is 55.8 Å². The summed E-state index contributed by atoms with van der Waals surface area (Å²) in [5.74, 6) is -0.241. The molecule has 0 bridgehead atoms. The largest absolute Gasteiger partial charge is 0.468 e. The van der Waals surface area contributed by atoms with Gasteiger partial charge in [0.2, 0.25) is 0 Å². The predicted molar refractivity (Wildman–Crippen MR) is 122 cm³/mol. The average Bonchev–Trinajstić information content (AvgIpc) is 2.74. The molecule has 2 rings (SSSR count). The van der Waals surface area contributed by atoms with Crippen molar-refractivity contribution in [3.8, 4) is 0 Å². The molecule has 1 atom stereocenters. The highest BCUT2D eigenvalue weighted by Gasteiger charge is 2.36. The van der Waals surface area contributed by atoms with Gasteiger partial charge in [-0.2, -0.15) is 0 Å². The lowest BCUT2D eigenvalue weighted by molar-refractivity contribution is -0.147. The van der Waals surface area contributed by atoms with Crippen LogP contribution in [0.15, 0.2) is 54.6 Å². The molecule has 0 saturated heterocycles. The molecule has 0 radical (unpaired) electrons. The number of ether oxygens (including phenoxy) is 2. The zero-order valence-corrected chi connectivity index (χ0v) is 19.3. The number of carbonyl (C=O) groups is 2. The summed E-state index contributed by atoms with van der Waals surface area (Å²) < 4.78 is 11.5. The Morgan fingerprint density at radius 1 is 1.07 bits per heavy atom. The van der Waals surface area contributed by atoms with E-state index in [-0.39, 0.29) is 18.7 Å². The molecule has 156 valence electrons. The Kier molecular flexibility index (Phi) is 8.95. The fourth-order valence-corrected chi connectivity index (χ4v) is 3.71. The summed E-state index contributed by atoms with van der Waals surface area (Å²) in [7, 11) is 3.15. The molecule has 0 aromatic heterocycles. The first-order valence-electron chi connectivity index (χ1n) is 9.63. The first-order valence-corrected chi connectivity index (χ1v) is 10.7. The molecule has 0 aliphatic rings. The third-order valence-corrected chi connectivity index (χ3v) is 5.71. The second-order valence-electron chi connectivity index (χ2n) is 7.25. The van der Waals surface area contributed by atoms with Crippen LogP contribution in [-0.2, 0) is 26.3 Å². The normalized spacial score (nSPS) is 12.7.